The first-order valence-corrected chi connectivity index (χ1v) is 12.3. The molecule has 0 unspecified atom stereocenters. The molecule has 9 heteroatoms. The van der Waals surface area contributed by atoms with E-state index in [1.807, 2.05) is 18.2 Å². The molecule has 0 fully saturated rings. The number of pyridine rings is 1. The zero-order valence-electron chi connectivity index (χ0n) is 20.7. The van der Waals surface area contributed by atoms with Crippen LogP contribution in [0.4, 0.5) is 0 Å². The zero-order chi connectivity index (χ0) is 27.0. The number of methoxy groups -OCH3 is 3. The third-order valence-corrected chi connectivity index (χ3v) is 6.76. The number of hydrogen-bond donors (Lipinski definition) is 0. The van der Waals surface area contributed by atoms with E-state index in [9.17, 15) is 14.4 Å². The number of hydrogen-bond acceptors (Lipinski definition) is 7. The number of ketones is 1. The number of halogens is 1. The van der Waals surface area contributed by atoms with Crippen LogP contribution in [0.25, 0.3) is 28.0 Å². The van der Waals surface area contributed by atoms with Gasteiger partial charge in [0, 0.05) is 26.7 Å². The normalized spacial score (nSPS) is 10.9. The summed E-state index contributed by atoms with van der Waals surface area (Å²) in [5.74, 6) is -1.29. The molecule has 0 saturated heterocycles. The molecule has 2 heterocycles. The van der Waals surface area contributed by atoms with Crippen LogP contribution >= 0.6 is 15.9 Å². The van der Waals surface area contributed by atoms with Gasteiger partial charge in [0.2, 0.25) is 0 Å². The highest BCUT2D eigenvalue weighted by atomic mass is 79.9. The predicted molar refractivity (Wildman–Crippen MR) is 144 cm³/mol. The van der Waals surface area contributed by atoms with Crippen molar-refractivity contribution in [2.45, 2.75) is 0 Å². The lowest BCUT2D eigenvalue weighted by atomic mass is 9.90. The fourth-order valence-corrected chi connectivity index (χ4v) is 4.75. The average Bonchev–Trinajstić information content (AvgIpc) is 3.34. The highest BCUT2D eigenvalue weighted by molar-refractivity contribution is 9.10. The van der Waals surface area contributed by atoms with Crippen molar-refractivity contribution < 1.29 is 28.6 Å². The summed E-state index contributed by atoms with van der Waals surface area (Å²) in [5.41, 5.74) is 1.45. The molecule has 0 aromatic heterocycles. The monoisotopic (exact) mass is 572 g/mol. The Labute approximate surface area is 226 Å². The molecule has 0 N–H and O–H groups in total. The van der Waals surface area contributed by atoms with Crippen molar-refractivity contribution in [2.75, 3.05) is 21.3 Å². The first-order valence-electron chi connectivity index (χ1n) is 11.5. The second kappa shape index (κ2) is 10.1. The summed E-state index contributed by atoms with van der Waals surface area (Å²) in [6, 6.07) is 20.9. The van der Waals surface area contributed by atoms with E-state index in [1.54, 1.807) is 54.6 Å². The fraction of sp³-hybridized carbons (Fsp3) is 0.103. The SMILES string of the molecule is COC(=O)c1c(C(=O)c2ccc(OC)cc2)c2c3ccccc3nc-2n(-c2ccc(Br)cc2)c1C(=O)OC. The van der Waals surface area contributed by atoms with Crippen LogP contribution in [0.15, 0.2) is 77.3 Å². The Kier molecular flexibility index (Phi) is 6.69. The largest absolute Gasteiger partial charge is 0.497 e. The molecule has 8 nitrogen and oxygen atoms in total. The zero-order valence-corrected chi connectivity index (χ0v) is 22.2. The van der Waals surface area contributed by atoms with E-state index < -0.39 is 17.7 Å². The van der Waals surface area contributed by atoms with E-state index >= 15 is 0 Å². The molecule has 0 saturated carbocycles. The summed E-state index contributed by atoms with van der Waals surface area (Å²) in [5, 5.41) is 0.645. The van der Waals surface area contributed by atoms with Gasteiger partial charge in [-0.3, -0.25) is 9.36 Å². The smallest absolute Gasteiger partial charge is 0.356 e. The van der Waals surface area contributed by atoms with Crippen molar-refractivity contribution in [3.05, 3.63) is 99.7 Å². The van der Waals surface area contributed by atoms with Crippen LogP contribution in [0, 0.1) is 0 Å². The van der Waals surface area contributed by atoms with Crippen LogP contribution in [0.1, 0.15) is 36.8 Å². The first-order chi connectivity index (χ1) is 18.4. The molecule has 0 bridgehead atoms. The second-order valence-corrected chi connectivity index (χ2v) is 9.19. The van der Waals surface area contributed by atoms with Gasteiger partial charge in [-0.15, -0.1) is 0 Å². The van der Waals surface area contributed by atoms with Gasteiger partial charge in [-0.25, -0.2) is 14.6 Å². The number of carbonyl (C=O) groups is 3. The summed E-state index contributed by atoms with van der Waals surface area (Å²) in [4.78, 5) is 45.7. The van der Waals surface area contributed by atoms with Crippen LogP contribution in [0.2, 0.25) is 0 Å². The summed E-state index contributed by atoms with van der Waals surface area (Å²) < 4.78 is 17.8. The van der Waals surface area contributed by atoms with Crippen LogP contribution in [0.3, 0.4) is 0 Å². The highest BCUT2D eigenvalue weighted by Gasteiger charge is 2.37. The molecule has 3 aromatic carbocycles. The van der Waals surface area contributed by atoms with Crippen molar-refractivity contribution >= 4 is 44.6 Å². The van der Waals surface area contributed by atoms with E-state index in [-0.39, 0.29) is 16.8 Å². The minimum atomic E-state index is -0.861. The Bertz CT molecular complexity index is 1670. The van der Waals surface area contributed by atoms with E-state index in [0.29, 0.717) is 39.3 Å². The van der Waals surface area contributed by atoms with Crippen molar-refractivity contribution in [3.8, 4) is 22.8 Å². The first kappa shape index (κ1) is 25.2. The summed E-state index contributed by atoms with van der Waals surface area (Å²) >= 11 is 3.43. The Morgan fingerprint density at radius 2 is 1.45 bits per heavy atom. The van der Waals surface area contributed by atoms with Gasteiger partial charge in [0.1, 0.15) is 22.8 Å². The van der Waals surface area contributed by atoms with Crippen molar-refractivity contribution in [3.63, 3.8) is 0 Å². The second-order valence-electron chi connectivity index (χ2n) is 8.28. The molecule has 0 aliphatic carbocycles. The van der Waals surface area contributed by atoms with Crippen molar-refractivity contribution in [2.24, 2.45) is 0 Å². The van der Waals surface area contributed by atoms with Gasteiger partial charge in [0.25, 0.3) is 0 Å². The Hall–Kier alpha value is -4.50. The number of esters is 2. The molecule has 3 aromatic rings. The van der Waals surface area contributed by atoms with E-state index in [2.05, 4.69) is 15.9 Å². The van der Waals surface area contributed by atoms with Gasteiger partial charge in [-0.05, 0) is 54.6 Å². The maximum absolute atomic E-state index is 14.2. The Morgan fingerprint density at radius 1 is 0.789 bits per heavy atom. The molecule has 5 rings (SSSR count). The number of benzene rings is 3. The summed E-state index contributed by atoms with van der Waals surface area (Å²) in [6.45, 7) is 0. The van der Waals surface area contributed by atoms with E-state index in [0.717, 1.165) is 4.47 Å². The van der Waals surface area contributed by atoms with Crippen LogP contribution < -0.4 is 4.74 Å². The minimum Gasteiger partial charge on any atom is -0.497 e. The number of aromatic nitrogens is 2. The predicted octanol–water partition coefficient (Wildman–Crippen LogP) is 5.71. The molecule has 2 aliphatic rings. The topological polar surface area (TPSA) is 96.7 Å². The standard InChI is InChI=1S/C29H21BrN2O6/c1-36-19-14-8-16(9-15-19)26(33)23-22-20-6-4-5-7-21(20)31-27(22)32(18-12-10-17(30)11-13-18)25(29(35)38-3)24(23)28(34)37-2/h4-15H,1-3H3. The summed E-state index contributed by atoms with van der Waals surface area (Å²) in [7, 11) is 3.93. The van der Waals surface area contributed by atoms with Crippen LogP contribution in [0.5, 0.6) is 5.75 Å². The molecule has 38 heavy (non-hydrogen) atoms. The van der Waals surface area contributed by atoms with Gasteiger partial charge in [0.05, 0.1) is 32.4 Å². The third-order valence-electron chi connectivity index (χ3n) is 6.23. The molecule has 0 amide bonds. The third kappa shape index (κ3) is 4.10. The van der Waals surface area contributed by atoms with E-state index in [4.69, 9.17) is 19.2 Å². The lowest BCUT2D eigenvalue weighted by Crippen LogP contribution is -2.25. The molecular weight excluding hydrogens is 552 g/mol. The quantitative estimate of drug-likeness (QED) is 0.190. The van der Waals surface area contributed by atoms with Gasteiger partial charge in [-0.2, -0.15) is 0 Å². The average molecular weight is 573 g/mol. The molecule has 0 radical (unpaired) electrons. The fourth-order valence-electron chi connectivity index (χ4n) is 4.49. The molecule has 0 spiro atoms. The Balaban J connectivity index is 1.99. The van der Waals surface area contributed by atoms with E-state index in [1.165, 1.54) is 25.9 Å². The number of carbonyl (C=O) groups excluding carboxylic acids is 3. The molecule has 190 valence electrons. The minimum absolute atomic E-state index is 0.000483. The Morgan fingerprint density at radius 3 is 2.08 bits per heavy atom. The maximum Gasteiger partial charge on any atom is 0.356 e. The van der Waals surface area contributed by atoms with Gasteiger partial charge in [0.15, 0.2) is 5.78 Å². The highest BCUT2D eigenvalue weighted by Crippen LogP contribution is 2.41. The number of rotatable bonds is 6. The van der Waals surface area contributed by atoms with Crippen LogP contribution in [-0.4, -0.2) is 48.6 Å². The summed E-state index contributed by atoms with van der Waals surface area (Å²) in [6.07, 6.45) is 0. The number of ether oxygens (including phenoxy) is 3. The molecule has 0 atom stereocenters. The van der Waals surface area contributed by atoms with Crippen molar-refractivity contribution in [1.82, 2.24) is 9.55 Å². The number of para-hydroxylation sites is 1. The number of nitrogens with zero attached hydrogens (tertiary/aromatic N) is 2. The van der Waals surface area contributed by atoms with Gasteiger partial charge < -0.3 is 14.2 Å². The molecule has 2 aliphatic heterocycles. The lowest BCUT2D eigenvalue weighted by Gasteiger charge is -2.23. The van der Waals surface area contributed by atoms with Crippen molar-refractivity contribution in [1.29, 1.82) is 0 Å². The number of fused-ring (bicyclic) bond motifs is 3. The maximum atomic E-state index is 14.2. The lowest BCUT2D eigenvalue weighted by molar-refractivity contribution is 0.0545. The van der Waals surface area contributed by atoms with Crippen LogP contribution in [-0.2, 0) is 9.47 Å². The van der Waals surface area contributed by atoms with Gasteiger partial charge >= 0.3 is 11.9 Å². The molecular formula is C29H21BrN2O6. The van der Waals surface area contributed by atoms with Gasteiger partial charge in [-0.1, -0.05) is 34.1 Å².